The zero-order valence-electron chi connectivity index (χ0n) is 16.0. The summed E-state index contributed by atoms with van der Waals surface area (Å²) in [5, 5.41) is 6.63. The van der Waals surface area contributed by atoms with Crippen molar-refractivity contribution in [1.29, 1.82) is 0 Å². The van der Waals surface area contributed by atoms with E-state index in [2.05, 4.69) is 33.6 Å². The standard InChI is InChI=1S/C20H28N4O2/c1-5-21-20(22-11-10-16-7-6-15(2)23-13-16)24-14-17-8-9-18(25-3)19(12-17)26-4/h6-9,12-13H,5,10-11,14H2,1-4H3,(H2,21,22,24). The summed E-state index contributed by atoms with van der Waals surface area (Å²) in [5.74, 6) is 2.23. The van der Waals surface area contributed by atoms with E-state index in [-0.39, 0.29) is 0 Å². The van der Waals surface area contributed by atoms with Crippen LogP contribution in [0, 0.1) is 6.92 Å². The molecule has 0 radical (unpaired) electrons. The lowest BCUT2D eigenvalue weighted by molar-refractivity contribution is 0.354. The molecule has 1 aromatic carbocycles. The highest BCUT2D eigenvalue weighted by Crippen LogP contribution is 2.27. The van der Waals surface area contributed by atoms with Crippen molar-refractivity contribution in [3.8, 4) is 11.5 Å². The maximum atomic E-state index is 5.34. The molecule has 0 bridgehead atoms. The fourth-order valence-corrected chi connectivity index (χ4v) is 2.46. The number of hydrogen-bond donors (Lipinski definition) is 2. The second kappa shape index (κ2) is 10.3. The van der Waals surface area contributed by atoms with E-state index >= 15 is 0 Å². The SMILES string of the molecule is CCNC(=NCc1ccc(OC)c(OC)c1)NCCc1ccc(C)nc1. The molecule has 1 heterocycles. The lowest BCUT2D eigenvalue weighted by atomic mass is 10.2. The number of aromatic nitrogens is 1. The lowest BCUT2D eigenvalue weighted by Gasteiger charge is -2.12. The summed E-state index contributed by atoms with van der Waals surface area (Å²) in [7, 11) is 3.27. The minimum atomic E-state index is 0.557. The second-order valence-electron chi connectivity index (χ2n) is 5.87. The van der Waals surface area contributed by atoms with Gasteiger partial charge in [0.1, 0.15) is 0 Å². The Morgan fingerprint density at radius 3 is 2.46 bits per heavy atom. The Morgan fingerprint density at radius 1 is 1.04 bits per heavy atom. The number of guanidine groups is 1. The summed E-state index contributed by atoms with van der Waals surface area (Å²) < 4.78 is 10.6. The van der Waals surface area contributed by atoms with E-state index in [9.17, 15) is 0 Å². The number of pyridine rings is 1. The van der Waals surface area contributed by atoms with Gasteiger partial charge in [0, 0.05) is 25.0 Å². The highest BCUT2D eigenvalue weighted by molar-refractivity contribution is 5.79. The number of aliphatic imine (C=N–C) groups is 1. The molecular formula is C20H28N4O2. The molecule has 0 aliphatic heterocycles. The van der Waals surface area contributed by atoms with Crippen LogP contribution in [0.5, 0.6) is 11.5 Å². The van der Waals surface area contributed by atoms with Crippen LogP contribution >= 0.6 is 0 Å². The van der Waals surface area contributed by atoms with Gasteiger partial charge in [-0.3, -0.25) is 4.98 Å². The number of nitrogens with one attached hydrogen (secondary N) is 2. The van der Waals surface area contributed by atoms with Crippen LogP contribution in [0.25, 0.3) is 0 Å². The predicted octanol–water partition coefficient (Wildman–Crippen LogP) is 2.71. The minimum Gasteiger partial charge on any atom is -0.493 e. The van der Waals surface area contributed by atoms with Crippen LogP contribution in [0.2, 0.25) is 0 Å². The topological polar surface area (TPSA) is 67.8 Å². The fourth-order valence-electron chi connectivity index (χ4n) is 2.46. The molecule has 0 saturated heterocycles. The first-order valence-corrected chi connectivity index (χ1v) is 8.81. The van der Waals surface area contributed by atoms with E-state index in [1.165, 1.54) is 5.56 Å². The van der Waals surface area contributed by atoms with Crippen LogP contribution in [0.15, 0.2) is 41.5 Å². The molecule has 0 unspecified atom stereocenters. The highest BCUT2D eigenvalue weighted by atomic mass is 16.5. The lowest BCUT2D eigenvalue weighted by Crippen LogP contribution is -2.38. The first kappa shape index (κ1) is 19.6. The third kappa shape index (κ3) is 5.95. The Kier molecular flexibility index (Phi) is 7.74. The number of aryl methyl sites for hydroxylation is 1. The van der Waals surface area contributed by atoms with E-state index in [0.29, 0.717) is 12.3 Å². The average Bonchev–Trinajstić information content (AvgIpc) is 2.67. The zero-order valence-corrected chi connectivity index (χ0v) is 16.0. The quantitative estimate of drug-likeness (QED) is 0.562. The van der Waals surface area contributed by atoms with Crippen molar-refractivity contribution in [3.05, 3.63) is 53.3 Å². The molecule has 1 aromatic heterocycles. The maximum Gasteiger partial charge on any atom is 0.191 e. The largest absolute Gasteiger partial charge is 0.493 e. The molecule has 0 atom stereocenters. The van der Waals surface area contributed by atoms with Crippen molar-refractivity contribution in [3.63, 3.8) is 0 Å². The van der Waals surface area contributed by atoms with Gasteiger partial charge in [0.2, 0.25) is 0 Å². The van der Waals surface area contributed by atoms with Gasteiger partial charge >= 0.3 is 0 Å². The second-order valence-corrected chi connectivity index (χ2v) is 5.87. The van der Waals surface area contributed by atoms with Crippen molar-refractivity contribution in [2.24, 2.45) is 4.99 Å². The summed E-state index contributed by atoms with van der Waals surface area (Å²) in [6.45, 7) is 6.21. The molecule has 0 aliphatic rings. The molecule has 2 N–H and O–H groups in total. The van der Waals surface area contributed by atoms with E-state index in [0.717, 1.165) is 42.5 Å². The van der Waals surface area contributed by atoms with Gasteiger partial charge in [-0.15, -0.1) is 0 Å². The summed E-state index contributed by atoms with van der Waals surface area (Å²) in [4.78, 5) is 8.97. The Morgan fingerprint density at radius 2 is 1.81 bits per heavy atom. The molecule has 140 valence electrons. The summed E-state index contributed by atoms with van der Waals surface area (Å²) in [6, 6.07) is 9.98. The first-order valence-electron chi connectivity index (χ1n) is 8.81. The summed E-state index contributed by atoms with van der Waals surface area (Å²) in [6.07, 6.45) is 2.82. The van der Waals surface area contributed by atoms with Gasteiger partial charge in [-0.2, -0.15) is 0 Å². The highest BCUT2D eigenvalue weighted by Gasteiger charge is 2.05. The van der Waals surface area contributed by atoms with E-state index in [1.807, 2.05) is 37.4 Å². The Hall–Kier alpha value is -2.76. The molecule has 0 saturated carbocycles. The van der Waals surface area contributed by atoms with Gasteiger partial charge in [0.25, 0.3) is 0 Å². The van der Waals surface area contributed by atoms with Crippen molar-refractivity contribution < 1.29 is 9.47 Å². The van der Waals surface area contributed by atoms with Crippen LogP contribution in [-0.4, -0.2) is 38.3 Å². The molecule has 2 aromatic rings. The number of methoxy groups -OCH3 is 2. The number of rotatable bonds is 8. The van der Waals surface area contributed by atoms with Gasteiger partial charge in [0.15, 0.2) is 17.5 Å². The molecule has 0 spiro atoms. The molecule has 6 nitrogen and oxygen atoms in total. The van der Waals surface area contributed by atoms with E-state index in [4.69, 9.17) is 9.47 Å². The number of ether oxygens (including phenoxy) is 2. The van der Waals surface area contributed by atoms with Crippen molar-refractivity contribution in [1.82, 2.24) is 15.6 Å². The third-order valence-corrected chi connectivity index (χ3v) is 3.89. The van der Waals surface area contributed by atoms with Crippen LogP contribution < -0.4 is 20.1 Å². The van der Waals surface area contributed by atoms with Crippen LogP contribution in [0.1, 0.15) is 23.7 Å². The third-order valence-electron chi connectivity index (χ3n) is 3.89. The molecule has 0 aliphatic carbocycles. The number of benzene rings is 1. The minimum absolute atomic E-state index is 0.557. The van der Waals surface area contributed by atoms with Crippen LogP contribution in [-0.2, 0) is 13.0 Å². The molecule has 6 heteroatoms. The predicted molar refractivity (Wildman–Crippen MR) is 105 cm³/mol. The first-order chi connectivity index (χ1) is 12.7. The van der Waals surface area contributed by atoms with Crippen LogP contribution in [0.3, 0.4) is 0 Å². The normalized spacial score (nSPS) is 11.2. The fraction of sp³-hybridized carbons (Fsp3) is 0.400. The molecule has 0 amide bonds. The van der Waals surface area contributed by atoms with E-state index < -0.39 is 0 Å². The van der Waals surface area contributed by atoms with E-state index in [1.54, 1.807) is 14.2 Å². The zero-order chi connectivity index (χ0) is 18.8. The smallest absolute Gasteiger partial charge is 0.191 e. The Labute approximate surface area is 155 Å². The molecular weight excluding hydrogens is 328 g/mol. The van der Waals surface area contributed by atoms with Gasteiger partial charge < -0.3 is 20.1 Å². The molecule has 26 heavy (non-hydrogen) atoms. The Balaban J connectivity index is 1.94. The number of hydrogen-bond acceptors (Lipinski definition) is 4. The maximum absolute atomic E-state index is 5.34. The van der Waals surface area contributed by atoms with Crippen LogP contribution in [0.4, 0.5) is 0 Å². The average molecular weight is 356 g/mol. The van der Waals surface area contributed by atoms with Gasteiger partial charge in [-0.25, -0.2) is 4.99 Å². The van der Waals surface area contributed by atoms with Crippen molar-refractivity contribution in [2.45, 2.75) is 26.8 Å². The molecule has 0 fully saturated rings. The summed E-state index contributed by atoms with van der Waals surface area (Å²) >= 11 is 0. The van der Waals surface area contributed by atoms with Crippen molar-refractivity contribution in [2.75, 3.05) is 27.3 Å². The van der Waals surface area contributed by atoms with Gasteiger partial charge in [-0.1, -0.05) is 12.1 Å². The van der Waals surface area contributed by atoms with Gasteiger partial charge in [-0.05, 0) is 49.6 Å². The van der Waals surface area contributed by atoms with Gasteiger partial charge in [0.05, 0.1) is 20.8 Å². The summed E-state index contributed by atoms with van der Waals surface area (Å²) in [5.41, 5.74) is 3.30. The molecule has 2 rings (SSSR count). The number of nitrogens with zero attached hydrogens (tertiary/aromatic N) is 2. The van der Waals surface area contributed by atoms with Crippen molar-refractivity contribution >= 4 is 5.96 Å². The monoisotopic (exact) mass is 356 g/mol. The Bertz CT molecular complexity index is 714.